The first-order chi connectivity index (χ1) is 6.54. The molecule has 0 bridgehead atoms. The Morgan fingerprint density at radius 2 is 2.29 bits per heavy atom. The van der Waals surface area contributed by atoms with Crippen molar-refractivity contribution in [3.05, 3.63) is 0 Å². The van der Waals surface area contributed by atoms with Gasteiger partial charge in [-0.2, -0.15) is 12.7 Å². The summed E-state index contributed by atoms with van der Waals surface area (Å²) < 4.78 is 23.5. The van der Waals surface area contributed by atoms with E-state index in [1.165, 1.54) is 4.31 Å². The fourth-order valence-corrected chi connectivity index (χ4v) is 2.46. The van der Waals surface area contributed by atoms with Gasteiger partial charge in [0, 0.05) is 19.1 Å². The first-order valence-corrected chi connectivity index (χ1v) is 6.55. The minimum atomic E-state index is -3.49. The Morgan fingerprint density at radius 1 is 1.57 bits per heavy atom. The van der Waals surface area contributed by atoms with Crippen LogP contribution in [0.4, 0.5) is 0 Å². The predicted octanol–water partition coefficient (Wildman–Crippen LogP) is -0.346. The zero-order valence-electron chi connectivity index (χ0n) is 8.57. The van der Waals surface area contributed by atoms with Gasteiger partial charge in [-0.05, 0) is 25.8 Å². The average molecular weight is 221 g/mol. The van der Waals surface area contributed by atoms with Crippen molar-refractivity contribution in [2.45, 2.75) is 32.2 Å². The summed E-state index contributed by atoms with van der Waals surface area (Å²) in [6, 6.07) is 0.266. The minimum Gasteiger partial charge on any atom is -0.313 e. The maximum Gasteiger partial charge on any atom is 0.276 e. The lowest BCUT2D eigenvalue weighted by Crippen LogP contribution is -2.50. The van der Waals surface area contributed by atoms with Crippen molar-refractivity contribution >= 4 is 10.2 Å². The summed E-state index contributed by atoms with van der Waals surface area (Å²) in [7, 11) is -3.49. The molecule has 0 radical (unpaired) electrons. The first-order valence-electron chi connectivity index (χ1n) is 5.05. The van der Waals surface area contributed by atoms with Crippen molar-refractivity contribution in [2.75, 3.05) is 19.6 Å². The molecule has 0 spiro atoms. The van der Waals surface area contributed by atoms with Gasteiger partial charge < -0.3 is 5.32 Å². The van der Waals surface area contributed by atoms with E-state index in [1.807, 2.05) is 0 Å². The van der Waals surface area contributed by atoms with Gasteiger partial charge in [0.2, 0.25) is 0 Å². The second-order valence-corrected chi connectivity index (χ2v) is 5.24. The number of hydrogen-bond donors (Lipinski definition) is 2. The molecular formula is C8H19N3O2S. The van der Waals surface area contributed by atoms with Gasteiger partial charge in [0.15, 0.2) is 0 Å². The van der Waals surface area contributed by atoms with Gasteiger partial charge in [0.1, 0.15) is 0 Å². The van der Waals surface area contributed by atoms with Crippen LogP contribution in [-0.2, 0) is 10.2 Å². The van der Waals surface area contributed by atoms with E-state index in [4.69, 9.17) is 5.14 Å². The van der Waals surface area contributed by atoms with Crippen LogP contribution in [-0.4, -0.2) is 38.4 Å². The molecule has 1 aliphatic heterocycles. The van der Waals surface area contributed by atoms with Crippen LogP contribution in [0.2, 0.25) is 0 Å². The second-order valence-electron chi connectivity index (χ2n) is 3.70. The smallest absolute Gasteiger partial charge is 0.276 e. The maximum absolute atomic E-state index is 11.1. The van der Waals surface area contributed by atoms with E-state index in [0.717, 1.165) is 25.8 Å². The Hall–Kier alpha value is -0.170. The highest BCUT2D eigenvalue weighted by atomic mass is 32.2. The average Bonchev–Trinajstić information content (AvgIpc) is 2.14. The third-order valence-corrected chi connectivity index (χ3v) is 3.48. The van der Waals surface area contributed by atoms with Crippen molar-refractivity contribution in [2.24, 2.45) is 5.14 Å². The van der Waals surface area contributed by atoms with Crippen molar-refractivity contribution in [3.63, 3.8) is 0 Å². The lowest BCUT2D eigenvalue weighted by Gasteiger charge is -2.31. The molecule has 1 aliphatic rings. The summed E-state index contributed by atoms with van der Waals surface area (Å²) in [4.78, 5) is 0. The van der Waals surface area contributed by atoms with Crippen LogP contribution in [0.25, 0.3) is 0 Å². The zero-order chi connectivity index (χ0) is 10.6. The summed E-state index contributed by atoms with van der Waals surface area (Å²) >= 11 is 0. The molecule has 5 nitrogen and oxygen atoms in total. The highest BCUT2D eigenvalue weighted by molar-refractivity contribution is 7.86. The van der Waals surface area contributed by atoms with Crippen LogP contribution < -0.4 is 10.5 Å². The largest absolute Gasteiger partial charge is 0.313 e. The second kappa shape index (κ2) is 5.06. The highest BCUT2D eigenvalue weighted by Gasteiger charge is 2.25. The molecule has 0 aliphatic carbocycles. The molecule has 0 amide bonds. The lowest BCUT2D eigenvalue weighted by molar-refractivity contribution is 0.284. The molecular weight excluding hydrogens is 202 g/mol. The normalized spacial score (nSPS) is 25.1. The Balaban J connectivity index is 2.44. The van der Waals surface area contributed by atoms with E-state index in [1.54, 1.807) is 0 Å². The topological polar surface area (TPSA) is 75.4 Å². The summed E-state index contributed by atoms with van der Waals surface area (Å²) in [5.74, 6) is 0. The molecule has 1 heterocycles. The lowest BCUT2D eigenvalue weighted by atomic mass is 10.1. The molecule has 1 atom stereocenters. The summed E-state index contributed by atoms with van der Waals surface area (Å²) in [5.41, 5.74) is 0. The fraction of sp³-hybridized carbons (Fsp3) is 1.00. The summed E-state index contributed by atoms with van der Waals surface area (Å²) in [6.45, 7) is 4.10. The quantitative estimate of drug-likeness (QED) is 0.681. The van der Waals surface area contributed by atoms with E-state index < -0.39 is 10.2 Å². The molecule has 14 heavy (non-hydrogen) atoms. The molecule has 1 rings (SSSR count). The minimum absolute atomic E-state index is 0.266. The van der Waals surface area contributed by atoms with Gasteiger partial charge in [-0.15, -0.1) is 0 Å². The SMILES string of the molecule is CCCNC1CCCN(S(N)(=O)=O)C1. The van der Waals surface area contributed by atoms with E-state index in [-0.39, 0.29) is 6.04 Å². The Kier molecular flexibility index (Phi) is 4.31. The maximum atomic E-state index is 11.1. The van der Waals surface area contributed by atoms with Crippen LogP contribution in [0, 0.1) is 0 Å². The van der Waals surface area contributed by atoms with E-state index in [9.17, 15) is 8.42 Å². The van der Waals surface area contributed by atoms with Crippen molar-refractivity contribution in [3.8, 4) is 0 Å². The number of nitrogens with two attached hydrogens (primary N) is 1. The van der Waals surface area contributed by atoms with Gasteiger partial charge >= 0.3 is 0 Å². The first kappa shape index (κ1) is 11.9. The van der Waals surface area contributed by atoms with E-state index in [0.29, 0.717) is 13.1 Å². The molecule has 1 fully saturated rings. The molecule has 0 aromatic carbocycles. The van der Waals surface area contributed by atoms with Crippen LogP contribution >= 0.6 is 0 Å². The van der Waals surface area contributed by atoms with Crippen LogP contribution in [0.15, 0.2) is 0 Å². The Morgan fingerprint density at radius 3 is 2.86 bits per heavy atom. The highest BCUT2D eigenvalue weighted by Crippen LogP contribution is 2.11. The molecule has 1 saturated heterocycles. The molecule has 3 N–H and O–H groups in total. The van der Waals surface area contributed by atoms with Gasteiger partial charge in [0.05, 0.1) is 0 Å². The Bertz CT molecular complexity index is 266. The van der Waals surface area contributed by atoms with Crippen molar-refractivity contribution in [1.29, 1.82) is 0 Å². The molecule has 0 aromatic heterocycles. The zero-order valence-corrected chi connectivity index (χ0v) is 9.39. The number of piperidine rings is 1. The third kappa shape index (κ3) is 3.53. The molecule has 0 aromatic rings. The molecule has 6 heteroatoms. The third-order valence-electron chi connectivity index (χ3n) is 2.43. The predicted molar refractivity (Wildman–Crippen MR) is 56.0 cm³/mol. The van der Waals surface area contributed by atoms with Crippen molar-refractivity contribution in [1.82, 2.24) is 9.62 Å². The van der Waals surface area contributed by atoms with Gasteiger partial charge in [-0.3, -0.25) is 0 Å². The van der Waals surface area contributed by atoms with Crippen LogP contribution in [0.3, 0.4) is 0 Å². The van der Waals surface area contributed by atoms with Gasteiger partial charge in [-0.1, -0.05) is 6.92 Å². The number of nitrogens with one attached hydrogen (secondary N) is 1. The summed E-state index contributed by atoms with van der Waals surface area (Å²) in [5, 5.41) is 8.38. The fourth-order valence-electron chi connectivity index (χ4n) is 1.69. The monoisotopic (exact) mass is 221 g/mol. The standard InChI is InChI=1S/C8H19N3O2S/c1-2-5-10-8-4-3-6-11(7-8)14(9,12)13/h8,10H,2-7H2,1H3,(H2,9,12,13). The van der Waals surface area contributed by atoms with Gasteiger partial charge in [-0.25, -0.2) is 5.14 Å². The number of hydrogen-bond acceptors (Lipinski definition) is 3. The Labute approximate surface area is 85.8 Å². The van der Waals surface area contributed by atoms with E-state index >= 15 is 0 Å². The molecule has 84 valence electrons. The van der Waals surface area contributed by atoms with E-state index in [2.05, 4.69) is 12.2 Å². The summed E-state index contributed by atoms with van der Waals surface area (Å²) in [6.07, 6.45) is 2.98. The van der Waals surface area contributed by atoms with Crippen LogP contribution in [0.1, 0.15) is 26.2 Å². The van der Waals surface area contributed by atoms with Gasteiger partial charge in [0.25, 0.3) is 10.2 Å². The number of nitrogens with zero attached hydrogens (tertiary/aromatic N) is 1. The van der Waals surface area contributed by atoms with Crippen LogP contribution in [0.5, 0.6) is 0 Å². The molecule has 0 saturated carbocycles. The number of rotatable bonds is 4. The molecule has 1 unspecified atom stereocenters. The van der Waals surface area contributed by atoms with Crippen molar-refractivity contribution < 1.29 is 8.42 Å².